The summed E-state index contributed by atoms with van der Waals surface area (Å²) in [6, 6.07) is 7.68. The zero-order valence-electron chi connectivity index (χ0n) is 13.6. The van der Waals surface area contributed by atoms with Gasteiger partial charge >= 0.3 is 0 Å². The molecule has 1 aliphatic carbocycles. The third kappa shape index (κ3) is 3.66. The van der Waals surface area contributed by atoms with E-state index in [2.05, 4.69) is 4.90 Å². The van der Waals surface area contributed by atoms with Crippen LogP contribution in [0.5, 0.6) is 0 Å². The highest BCUT2D eigenvalue weighted by Gasteiger charge is 2.35. The number of hydrogen-bond acceptors (Lipinski definition) is 4. The standard InChI is InChI=1S/C18H23ClN2O3/c19-13-5-7-14(8-6-13)20-9-11-21(12-10-20)17(22)15-3-1-2-4-16(15)18(23)24/h5-8,15-16H,1-4,9-12H2,(H,23,24)/p-1/t15-,16+/m0/s1. The van der Waals surface area contributed by atoms with E-state index in [0.717, 1.165) is 31.6 Å². The van der Waals surface area contributed by atoms with Crippen LogP contribution >= 0.6 is 11.6 Å². The molecule has 1 aromatic carbocycles. The predicted octanol–water partition coefficient (Wildman–Crippen LogP) is 1.54. The van der Waals surface area contributed by atoms with E-state index in [9.17, 15) is 14.7 Å². The lowest BCUT2D eigenvalue weighted by molar-refractivity contribution is -0.314. The average molecular weight is 350 g/mol. The lowest BCUT2D eigenvalue weighted by Gasteiger charge is -2.40. The van der Waals surface area contributed by atoms with Crippen LogP contribution in [0.25, 0.3) is 0 Å². The van der Waals surface area contributed by atoms with Crippen molar-refractivity contribution in [3.8, 4) is 0 Å². The third-order valence-electron chi connectivity index (χ3n) is 5.17. The zero-order chi connectivity index (χ0) is 17.1. The van der Waals surface area contributed by atoms with Crippen molar-refractivity contribution in [1.29, 1.82) is 0 Å². The van der Waals surface area contributed by atoms with Crippen LogP contribution in [-0.2, 0) is 9.59 Å². The number of carboxylic acid groups (broad SMARTS) is 1. The molecule has 3 rings (SSSR count). The van der Waals surface area contributed by atoms with E-state index in [0.29, 0.717) is 31.0 Å². The van der Waals surface area contributed by atoms with Crippen molar-refractivity contribution in [2.45, 2.75) is 25.7 Å². The smallest absolute Gasteiger partial charge is 0.226 e. The lowest BCUT2D eigenvalue weighted by Crippen LogP contribution is -2.53. The highest BCUT2D eigenvalue weighted by Crippen LogP contribution is 2.31. The van der Waals surface area contributed by atoms with E-state index < -0.39 is 17.8 Å². The molecule has 6 heteroatoms. The molecule has 5 nitrogen and oxygen atoms in total. The number of anilines is 1. The minimum atomic E-state index is -1.08. The van der Waals surface area contributed by atoms with Crippen LogP contribution in [-0.4, -0.2) is 43.0 Å². The maximum Gasteiger partial charge on any atom is 0.226 e. The molecule has 0 radical (unpaired) electrons. The van der Waals surface area contributed by atoms with Gasteiger partial charge in [0.25, 0.3) is 0 Å². The lowest BCUT2D eigenvalue weighted by atomic mass is 9.78. The Balaban J connectivity index is 1.60. The Morgan fingerprint density at radius 1 is 0.958 bits per heavy atom. The van der Waals surface area contributed by atoms with Crippen LogP contribution in [0.1, 0.15) is 25.7 Å². The van der Waals surface area contributed by atoms with Gasteiger partial charge in [0.1, 0.15) is 0 Å². The summed E-state index contributed by atoms with van der Waals surface area (Å²) in [6.45, 7) is 2.74. The molecule has 2 fully saturated rings. The summed E-state index contributed by atoms with van der Waals surface area (Å²) in [6.07, 6.45) is 3.01. The first-order valence-electron chi connectivity index (χ1n) is 8.56. The molecule has 130 valence electrons. The molecular weight excluding hydrogens is 328 g/mol. The number of carbonyl (C=O) groups is 2. The van der Waals surface area contributed by atoms with Crippen molar-refractivity contribution in [3.05, 3.63) is 29.3 Å². The van der Waals surface area contributed by atoms with Gasteiger partial charge in [0.15, 0.2) is 0 Å². The van der Waals surface area contributed by atoms with Gasteiger partial charge in [0.05, 0.1) is 0 Å². The molecule has 1 aromatic rings. The second-order valence-electron chi connectivity index (χ2n) is 6.61. The second-order valence-corrected chi connectivity index (χ2v) is 7.04. The summed E-state index contributed by atoms with van der Waals surface area (Å²) in [4.78, 5) is 28.1. The van der Waals surface area contributed by atoms with Gasteiger partial charge < -0.3 is 19.7 Å². The predicted molar refractivity (Wildman–Crippen MR) is 90.7 cm³/mol. The molecule has 1 aliphatic heterocycles. The molecule has 2 atom stereocenters. The molecule has 24 heavy (non-hydrogen) atoms. The minimum absolute atomic E-state index is 0.0142. The Morgan fingerprint density at radius 3 is 2.12 bits per heavy atom. The molecule has 0 spiro atoms. The largest absolute Gasteiger partial charge is 0.550 e. The molecule has 0 bridgehead atoms. The summed E-state index contributed by atoms with van der Waals surface area (Å²) in [5.74, 6) is -2.13. The van der Waals surface area contributed by atoms with Crippen LogP contribution in [0.15, 0.2) is 24.3 Å². The van der Waals surface area contributed by atoms with Gasteiger partial charge in [-0.1, -0.05) is 24.4 Å². The third-order valence-corrected chi connectivity index (χ3v) is 5.42. The number of amides is 1. The van der Waals surface area contributed by atoms with Crippen molar-refractivity contribution in [2.75, 3.05) is 31.1 Å². The van der Waals surface area contributed by atoms with Crippen LogP contribution in [0.4, 0.5) is 5.69 Å². The summed E-state index contributed by atoms with van der Waals surface area (Å²) in [7, 11) is 0. The minimum Gasteiger partial charge on any atom is -0.550 e. The average Bonchev–Trinajstić information content (AvgIpc) is 2.62. The Labute approximate surface area is 147 Å². The van der Waals surface area contributed by atoms with Crippen LogP contribution in [0.3, 0.4) is 0 Å². The Morgan fingerprint density at radius 2 is 1.54 bits per heavy atom. The highest BCUT2D eigenvalue weighted by molar-refractivity contribution is 6.30. The van der Waals surface area contributed by atoms with E-state index in [1.165, 1.54) is 0 Å². The maximum absolute atomic E-state index is 12.8. The number of benzene rings is 1. The van der Waals surface area contributed by atoms with Gasteiger partial charge in [-0.15, -0.1) is 0 Å². The first-order chi connectivity index (χ1) is 11.6. The first-order valence-corrected chi connectivity index (χ1v) is 8.94. The fourth-order valence-electron chi connectivity index (χ4n) is 3.78. The highest BCUT2D eigenvalue weighted by atomic mass is 35.5. The Kier molecular flexibility index (Phi) is 5.29. The molecular formula is C18H22ClN2O3-. The maximum atomic E-state index is 12.8. The summed E-state index contributed by atoms with van der Waals surface area (Å²) >= 11 is 5.92. The summed E-state index contributed by atoms with van der Waals surface area (Å²) < 4.78 is 0. The van der Waals surface area contributed by atoms with Gasteiger partial charge in [0.2, 0.25) is 5.91 Å². The van der Waals surface area contributed by atoms with Gasteiger partial charge in [-0.3, -0.25) is 4.79 Å². The zero-order valence-corrected chi connectivity index (χ0v) is 14.4. The second kappa shape index (κ2) is 7.43. The fraction of sp³-hybridized carbons (Fsp3) is 0.556. The van der Waals surface area contributed by atoms with E-state index >= 15 is 0 Å². The first kappa shape index (κ1) is 17.1. The Bertz CT molecular complexity index is 597. The number of nitrogens with zero attached hydrogens (tertiary/aromatic N) is 2. The molecule has 0 aromatic heterocycles. The molecule has 1 saturated carbocycles. The summed E-state index contributed by atoms with van der Waals surface area (Å²) in [5, 5.41) is 12.0. The quantitative estimate of drug-likeness (QED) is 0.830. The SMILES string of the molecule is O=C([O-])[C@@H]1CCCC[C@@H]1C(=O)N1CCN(c2ccc(Cl)cc2)CC1. The summed E-state index contributed by atoms with van der Waals surface area (Å²) in [5.41, 5.74) is 1.09. The monoisotopic (exact) mass is 349 g/mol. The fourth-order valence-corrected chi connectivity index (χ4v) is 3.91. The van der Waals surface area contributed by atoms with Gasteiger partial charge in [0, 0.05) is 54.7 Å². The number of carbonyl (C=O) groups excluding carboxylic acids is 2. The van der Waals surface area contributed by atoms with Crippen molar-refractivity contribution < 1.29 is 14.7 Å². The molecule has 1 amide bonds. The topological polar surface area (TPSA) is 63.7 Å². The van der Waals surface area contributed by atoms with Gasteiger partial charge in [-0.2, -0.15) is 0 Å². The van der Waals surface area contributed by atoms with E-state index in [4.69, 9.17) is 11.6 Å². The van der Waals surface area contributed by atoms with Crippen molar-refractivity contribution in [2.24, 2.45) is 11.8 Å². The van der Waals surface area contributed by atoms with E-state index in [1.54, 1.807) is 0 Å². The molecule has 1 heterocycles. The molecule has 0 unspecified atom stereocenters. The van der Waals surface area contributed by atoms with Crippen molar-refractivity contribution >= 4 is 29.2 Å². The number of halogens is 1. The van der Waals surface area contributed by atoms with Crippen molar-refractivity contribution in [1.82, 2.24) is 4.90 Å². The van der Waals surface area contributed by atoms with E-state index in [1.807, 2.05) is 29.2 Å². The number of hydrogen-bond donors (Lipinski definition) is 0. The number of aliphatic carboxylic acids is 1. The van der Waals surface area contributed by atoms with Gasteiger partial charge in [-0.25, -0.2) is 0 Å². The number of piperazine rings is 1. The molecule has 2 aliphatic rings. The van der Waals surface area contributed by atoms with Crippen LogP contribution in [0.2, 0.25) is 5.02 Å². The van der Waals surface area contributed by atoms with Crippen LogP contribution < -0.4 is 10.0 Å². The number of rotatable bonds is 3. The molecule has 1 saturated heterocycles. The molecule has 0 N–H and O–H groups in total. The normalized spacial score (nSPS) is 24.7. The van der Waals surface area contributed by atoms with Crippen molar-refractivity contribution in [3.63, 3.8) is 0 Å². The Hall–Kier alpha value is -1.75. The number of carboxylic acids is 1. The van der Waals surface area contributed by atoms with Gasteiger partial charge in [-0.05, 0) is 37.1 Å². The van der Waals surface area contributed by atoms with Crippen LogP contribution in [0, 0.1) is 11.8 Å². The van der Waals surface area contributed by atoms with E-state index in [-0.39, 0.29) is 5.91 Å².